The van der Waals surface area contributed by atoms with Crippen molar-refractivity contribution >= 4 is 47.4 Å². The molecule has 2 aromatic carbocycles. The van der Waals surface area contributed by atoms with Crippen molar-refractivity contribution in [3.8, 4) is 0 Å². The zero-order chi connectivity index (χ0) is 19.3. The van der Waals surface area contributed by atoms with Gasteiger partial charge in [0.25, 0.3) is 0 Å². The molecule has 0 aromatic heterocycles. The molecule has 1 atom stereocenters. The second-order valence-electron chi connectivity index (χ2n) is 6.16. The highest BCUT2D eigenvalue weighted by Crippen LogP contribution is 2.21. The van der Waals surface area contributed by atoms with Crippen molar-refractivity contribution in [2.75, 3.05) is 39.2 Å². The molecule has 7 heteroatoms. The van der Waals surface area contributed by atoms with E-state index in [1.165, 1.54) is 10.5 Å². The van der Waals surface area contributed by atoms with Crippen molar-refractivity contribution in [1.82, 2.24) is 10.6 Å². The molecule has 2 rings (SSSR count). The Hall–Kier alpha value is -1.45. The number of benzene rings is 2. The number of ether oxygens (including phenoxy) is 1. The molecule has 0 aliphatic heterocycles. The predicted octanol–water partition coefficient (Wildman–Crippen LogP) is 4.21. The molecule has 0 saturated heterocycles. The molecule has 0 heterocycles. The molecule has 1 unspecified atom stereocenters. The summed E-state index contributed by atoms with van der Waals surface area (Å²) in [6.45, 7) is 5.31. The topological polar surface area (TPSA) is 57.7 Å². The number of nitrogens with zero attached hydrogens (tertiary/aromatic N) is 1. The number of guanidine groups is 1. The van der Waals surface area contributed by atoms with E-state index in [-0.39, 0.29) is 24.0 Å². The molecule has 0 bridgehead atoms. The number of anilines is 1. The summed E-state index contributed by atoms with van der Waals surface area (Å²) < 4.78 is 5.04. The number of rotatable bonds is 10. The zero-order valence-electron chi connectivity index (χ0n) is 16.8. The summed E-state index contributed by atoms with van der Waals surface area (Å²) in [5.74, 6) is 0.817. The van der Waals surface area contributed by atoms with E-state index < -0.39 is 0 Å². The van der Waals surface area contributed by atoms with Gasteiger partial charge in [-0.3, -0.25) is 4.99 Å². The molecular formula is C21H31IN4OS. The van der Waals surface area contributed by atoms with Crippen LogP contribution in [-0.2, 0) is 11.3 Å². The van der Waals surface area contributed by atoms with Gasteiger partial charge < -0.3 is 20.7 Å². The first-order chi connectivity index (χ1) is 13.2. The highest BCUT2D eigenvalue weighted by molar-refractivity contribution is 14.0. The number of aliphatic imine (C=N–C) groups is 1. The Bertz CT molecular complexity index is 683. The van der Waals surface area contributed by atoms with Gasteiger partial charge in [0.15, 0.2) is 5.96 Å². The maximum absolute atomic E-state index is 5.04. The van der Waals surface area contributed by atoms with Gasteiger partial charge >= 0.3 is 0 Å². The highest BCUT2D eigenvalue weighted by Gasteiger charge is 2.06. The standard InChI is InChI=1S/C21H30N4OS.HI/c1-17(27-20-7-5-4-6-8-20)15-24-21(22-2)25-16-18-9-11-19(12-10-18)23-13-14-26-3;/h4-12,17,23H,13-16H2,1-3H3,(H2,22,24,25);1H. The Morgan fingerprint density at radius 1 is 1.07 bits per heavy atom. The Morgan fingerprint density at radius 2 is 1.79 bits per heavy atom. The second-order valence-corrected chi connectivity index (χ2v) is 7.68. The lowest BCUT2D eigenvalue weighted by atomic mass is 10.2. The van der Waals surface area contributed by atoms with Crippen molar-refractivity contribution in [3.63, 3.8) is 0 Å². The van der Waals surface area contributed by atoms with E-state index in [0.29, 0.717) is 11.9 Å². The molecule has 0 radical (unpaired) electrons. The summed E-state index contributed by atoms with van der Waals surface area (Å²) in [6, 6.07) is 18.9. The summed E-state index contributed by atoms with van der Waals surface area (Å²) in [5.41, 5.74) is 2.31. The quantitative estimate of drug-likeness (QED) is 0.146. The lowest BCUT2D eigenvalue weighted by molar-refractivity contribution is 0.211. The summed E-state index contributed by atoms with van der Waals surface area (Å²) >= 11 is 1.86. The fourth-order valence-electron chi connectivity index (χ4n) is 2.46. The lowest BCUT2D eigenvalue weighted by Gasteiger charge is -2.16. The molecule has 0 aliphatic rings. The van der Waals surface area contributed by atoms with Gasteiger partial charge in [0.1, 0.15) is 0 Å². The Balaban J connectivity index is 0.00000392. The molecule has 154 valence electrons. The Morgan fingerprint density at radius 3 is 2.43 bits per heavy atom. The van der Waals surface area contributed by atoms with Crippen LogP contribution in [0.2, 0.25) is 0 Å². The SMILES string of the molecule is CN=C(NCc1ccc(NCCOC)cc1)NCC(C)Sc1ccccc1.I. The first-order valence-corrected chi connectivity index (χ1v) is 10.1. The highest BCUT2D eigenvalue weighted by atomic mass is 127. The van der Waals surface area contributed by atoms with E-state index in [1.807, 2.05) is 17.8 Å². The van der Waals surface area contributed by atoms with Crippen LogP contribution in [0.3, 0.4) is 0 Å². The fraction of sp³-hybridized carbons (Fsp3) is 0.381. The molecule has 2 aromatic rings. The van der Waals surface area contributed by atoms with Crippen LogP contribution in [0.1, 0.15) is 12.5 Å². The minimum absolute atomic E-state index is 0. The molecule has 28 heavy (non-hydrogen) atoms. The van der Waals surface area contributed by atoms with Crippen LogP contribution >= 0.6 is 35.7 Å². The van der Waals surface area contributed by atoms with Gasteiger partial charge in [-0.25, -0.2) is 0 Å². The van der Waals surface area contributed by atoms with Crippen molar-refractivity contribution in [3.05, 3.63) is 60.2 Å². The molecule has 0 aliphatic carbocycles. The van der Waals surface area contributed by atoms with E-state index in [0.717, 1.165) is 31.3 Å². The third-order valence-electron chi connectivity index (χ3n) is 3.91. The van der Waals surface area contributed by atoms with Crippen LogP contribution < -0.4 is 16.0 Å². The zero-order valence-corrected chi connectivity index (χ0v) is 19.9. The first kappa shape index (κ1) is 24.6. The number of thioether (sulfide) groups is 1. The van der Waals surface area contributed by atoms with Crippen LogP contribution in [0.25, 0.3) is 0 Å². The van der Waals surface area contributed by atoms with E-state index in [1.54, 1.807) is 14.2 Å². The van der Waals surface area contributed by atoms with Crippen LogP contribution in [0, 0.1) is 0 Å². The summed E-state index contributed by atoms with van der Waals surface area (Å²) in [5, 5.41) is 10.5. The average Bonchev–Trinajstić information content (AvgIpc) is 2.70. The van der Waals surface area contributed by atoms with Gasteiger partial charge in [-0.05, 0) is 29.8 Å². The number of nitrogens with one attached hydrogen (secondary N) is 3. The minimum Gasteiger partial charge on any atom is -0.383 e. The van der Waals surface area contributed by atoms with Crippen LogP contribution in [0.15, 0.2) is 64.5 Å². The number of methoxy groups -OCH3 is 1. The van der Waals surface area contributed by atoms with Crippen molar-refractivity contribution < 1.29 is 4.74 Å². The Kier molecular flexibility index (Phi) is 12.8. The van der Waals surface area contributed by atoms with Crippen LogP contribution in [-0.4, -0.2) is 45.1 Å². The van der Waals surface area contributed by atoms with Crippen LogP contribution in [0.5, 0.6) is 0 Å². The van der Waals surface area contributed by atoms with Gasteiger partial charge in [-0.15, -0.1) is 35.7 Å². The van der Waals surface area contributed by atoms with Gasteiger partial charge in [-0.2, -0.15) is 0 Å². The predicted molar refractivity (Wildman–Crippen MR) is 132 cm³/mol. The number of hydrogen-bond donors (Lipinski definition) is 3. The average molecular weight is 514 g/mol. The molecule has 0 fully saturated rings. The maximum Gasteiger partial charge on any atom is 0.191 e. The summed E-state index contributed by atoms with van der Waals surface area (Å²) in [4.78, 5) is 5.59. The molecule has 3 N–H and O–H groups in total. The van der Waals surface area contributed by atoms with Gasteiger partial charge in [0.05, 0.1) is 6.61 Å². The molecular weight excluding hydrogens is 483 g/mol. The normalized spacial score (nSPS) is 12.0. The minimum atomic E-state index is 0. The maximum atomic E-state index is 5.04. The first-order valence-electron chi connectivity index (χ1n) is 9.19. The second kappa shape index (κ2) is 14.5. The Labute approximate surface area is 190 Å². The van der Waals surface area contributed by atoms with E-state index in [2.05, 4.69) is 76.4 Å². The van der Waals surface area contributed by atoms with Gasteiger partial charge in [0.2, 0.25) is 0 Å². The van der Waals surface area contributed by atoms with E-state index in [4.69, 9.17) is 4.74 Å². The molecule has 0 amide bonds. The third-order valence-corrected chi connectivity index (χ3v) is 5.02. The molecule has 5 nitrogen and oxygen atoms in total. The summed E-state index contributed by atoms with van der Waals surface area (Å²) in [6.07, 6.45) is 0. The van der Waals surface area contributed by atoms with Crippen molar-refractivity contribution in [2.45, 2.75) is 23.6 Å². The van der Waals surface area contributed by atoms with E-state index in [9.17, 15) is 0 Å². The number of hydrogen-bond acceptors (Lipinski definition) is 4. The van der Waals surface area contributed by atoms with Crippen molar-refractivity contribution in [2.24, 2.45) is 4.99 Å². The summed E-state index contributed by atoms with van der Waals surface area (Å²) in [7, 11) is 3.51. The van der Waals surface area contributed by atoms with Crippen LogP contribution in [0.4, 0.5) is 5.69 Å². The van der Waals surface area contributed by atoms with Crippen molar-refractivity contribution in [1.29, 1.82) is 0 Å². The number of halogens is 1. The largest absolute Gasteiger partial charge is 0.383 e. The molecule has 0 saturated carbocycles. The third kappa shape index (κ3) is 9.66. The fourth-order valence-corrected chi connectivity index (χ4v) is 3.40. The van der Waals surface area contributed by atoms with Gasteiger partial charge in [0, 0.05) is 49.6 Å². The molecule has 0 spiro atoms. The van der Waals surface area contributed by atoms with Gasteiger partial charge in [-0.1, -0.05) is 37.3 Å². The smallest absolute Gasteiger partial charge is 0.191 e. The van der Waals surface area contributed by atoms with E-state index >= 15 is 0 Å². The lowest BCUT2D eigenvalue weighted by Crippen LogP contribution is -2.39. The monoisotopic (exact) mass is 514 g/mol.